The smallest absolute Gasteiger partial charge is 0.338 e. The highest BCUT2D eigenvalue weighted by atomic mass is 16.5. The second kappa shape index (κ2) is 8.41. The Morgan fingerprint density at radius 1 is 1.22 bits per heavy atom. The van der Waals surface area contributed by atoms with Gasteiger partial charge in [-0.05, 0) is 38.0 Å². The molecular weight excluding hydrogens is 298 g/mol. The second-order valence-electron chi connectivity index (χ2n) is 5.42. The maximum Gasteiger partial charge on any atom is 0.338 e. The first-order valence-electron chi connectivity index (χ1n) is 7.91. The van der Waals surface area contributed by atoms with Crippen molar-refractivity contribution in [2.45, 2.75) is 38.6 Å². The molecular formula is C17H23NO5. The molecule has 1 aliphatic carbocycles. The molecule has 1 saturated carbocycles. The van der Waals surface area contributed by atoms with Gasteiger partial charge in [0.2, 0.25) is 0 Å². The number of rotatable bonds is 7. The third kappa shape index (κ3) is 4.87. The Morgan fingerprint density at radius 2 is 1.96 bits per heavy atom. The molecule has 0 atom stereocenters. The normalized spacial score (nSPS) is 14.3. The van der Waals surface area contributed by atoms with Gasteiger partial charge in [-0.1, -0.05) is 12.8 Å². The van der Waals surface area contributed by atoms with Crippen LogP contribution >= 0.6 is 0 Å². The van der Waals surface area contributed by atoms with Gasteiger partial charge in [0, 0.05) is 6.04 Å². The molecule has 0 radical (unpaired) electrons. The van der Waals surface area contributed by atoms with Crippen LogP contribution in [0.2, 0.25) is 0 Å². The molecule has 0 aliphatic heterocycles. The summed E-state index contributed by atoms with van der Waals surface area (Å²) in [6, 6.07) is 5.00. The third-order valence-electron chi connectivity index (χ3n) is 3.75. The van der Waals surface area contributed by atoms with Gasteiger partial charge in [-0.3, -0.25) is 4.79 Å². The van der Waals surface area contributed by atoms with Crippen LogP contribution in [0.25, 0.3) is 0 Å². The number of carbonyl (C=O) groups is 2. The van der Waals surface area contributed by atoms with Crippen molar-refractivity contribution >= 4 is 11.9 Å². The van der Waals surface area contributed by atoms with Crippen molar-refractivity contribution in [3.05, 3.63) is 23.8 Å². The highest BCUT2D eigenvalue weighted by Gasteiger charge is 2.18. The molecule has 1 aromatic rings. The van der Waals surface area contributed by atoms with Crippen LogP contribution in [0, 0.1) is 0 Å². The lowest BCUT2D eigenvalue weighted by Crippen LogP contribution is -2.35. The molecule has 1 aromatic carbocycles. The first kappa shape index (κ1) is 17.1. The zero-order valence-corrected chi connectivity index (χ0v) is 13.6. The zero-order valence-electron chi connectivity index (χ0n) is 13.6. The first-order chi connectivity index (χ1) is 11.1. The minimum atomic E-state index is -0.562. The van der Waals surface area contributed by atoms with Crippen molar-refractivity contribution in [1.82, 2.24) is 5.32 Å². The Labute approximate surface area is 136 Å². The molecule has 23 heavy (non-hydrogen) atoms. The summed E-state index contributed by atoms with van der Waals surface area (Å²) in [7, 11) is 1.50. The Balaban J connectivity index is 1.88. The van der Waals surface area contributed by atoms with E-state index in [1.54, 1.807) is 18.2 Å². The molecule has 1 fully saturated rings. The summed E-state index contributed by atoms with van der Waals surface area (Å²) in [6.45, 7) is 2.09. The van der Waals surface area contributed by atoms with Gasteiger partial charge in [0.25, 0.3) is 5.91 Å². The fourth-order valence-electron chi connectivity index (χ4n) is 2.62. The second-order valence-corrected chi connectivity index (χ2v) is 5.42. The van der Waals surface area contributed by atoms with E-state index < -0.39 is 5.97 Å². The molecule has 0 saturated heterocycles. The van der Waals surface area contributed by atoms with Gasteiger partial charge < -0.3 is 19.5 Å². The molecule has 1 aliphatic rings. The van der Waals surface area contributed by atoms with Crippen LogP contribution in [-0.2, 0) is 9.53 Å². The van der Waals surface area contributed by atoms with Gasteiger partial charge in [-0.25, -0.2) is 4.79 Å². The van der Waals surface area contributed by atoms with Crippen LogP contribution in [0.15, 0.2) is 18.2 Å². The summed E-state index contributed by atoms with van der Waals surface area (Å²) in [5.41, 5.74) is 0.318. The van der Waals surface area contributed by atoms with E-state index in [0.29, 0.717) is 23.7 Å². The molecule has 0 bridgehead atoms. The minimum Gasteiger partial charge on any atom is -0.493 e. The average molecular weight is 321 g/mol. The van der Waals surface area contributed by atoms with Crippen molar-refractivity contribution in [2.24, 2.45) is 0 Å². The van der Waals surface area contributed by atoms with Crippen molar-refractivity contribution in [3.63, 3.8) is 0 Å². The topological polar surface area (TPSA) is 73.9 Å². The van der Waals surface area contributed by atoms with Crippen LogP contribution in [-0.4, -0.2) is 38.2 Å². The molecule has 0 spiro atoms. The Hall–Kier alpha value is -2.24. The monoisotopic (exact) mass is 321 g/mol. The predicted molar refractivity (Wildman–Crippen MR) is 84.8 cm³/mol. The zero-order chi connectivity index (χ0) is 16.7. The van der Waals surface area contributed by atoms with Gasteiger partial charge in [0.05, 0.1) is 19.3 Å². The largest absolute Gasteiger partial charge is 0.493 e. The molecule has 1 N–H and O–H groups in total. The Kier molecular flexibility index (Phi) is 6.26. The fourth-order valence-corrected chi connectivity index (χ4v) is 2.62. The number of methoxy groups -OCH3 is 1. The minimum absolute atomic E-state index is 0.215. The van der Waals surface area contributed by atoms with Crippen molar-refractivity contribution in [3.8, 4) is 11.5 Å². The van der Waals surface area contributed by atoms with Crippen molar-refractivity contribution in [2.75, 3.05) is 20.3 Å². The number of ether oxygens (including phenoxy) is 3. The summed E-state index contributed by atoms with van der Waals surface area (Å²) in [4.78, 5) is 23.8. The molecule has 6 nitrogen and oxygen atoms in total. The third-order valence-corrected chi connectivity index (χ3v) is 3.75. The quantitative estimate of drug-likeness (QED) is 0.780. The molecule has 2 rings (SSSR count). The van der Waals surface area contributed by atoms with E-state index in [4.69, 9.17) is 14.2 Å². The number of amides is 1. The first-order valence-corrected chi connectivity index (χ1v) is 7.91. The van der Waals surface area contributed by atoms with Crippen LogP contribution in [0.3, 0.4) is 0 Å². The lowest BCUT2D eigenvalue weighted by atomic mass is 10.2. The van der Waals surface area contributed by atoms with E-state index >= 15 is 0 Å². The van der Waals surface area contributed by atoms with Crippen molar-refractivity contribution < 1.29 is 23.8 Å². The molecule has 126 valence electrons. The number of esters is 1. The molecule has 0 unspecified atom stereocenters. The lowest BCUT2D eigenvalue weighted by molar-refractivity contribution is -0.124. The summed E-state index contributed by atoms with van der Waals surface area (Å²) < 4.78 is 15.6. The average Bonchev–Trinajstić information content (AvgIpc) is 3.06. The lowest BCUT2D eigenvalue weighted by Gasteiger charge is -2.13. The summed E-state index contributed by atoms with van der Waals surface area (Å²) in [6.07, 6.45) is 4.26. The van der Waals surface area contributed by atoms with Gasteiger partial charge >= 0.3 is 5.97 Å². The molecule has 0 aromatic heterocycles. The van der Waals surface area contributed by atoms with Crippen LogP contribution in [0.4, 0.5) is 0 Å². The van der Waals surface area contributed by atoms with E-state index in [1.807, 2.05) is 6.92 Å². The van der Waals surface area contributed by atoms with Gasteiger partial charge in [0.1, 0.15) is 0 Å². The number of hydrogen-bond acceptors (Lipinski definition) is 5. The van der Waals surface area contributed by atoms with Gasteiger partial charge in [-0.15, -0.1) is 0 Å². The fraction of sp³-hybridized carbons (Fsp3) is 0.529. The maximum atomic E-state index is 12.0. The van der Waals surface area contributed by atoms with E-state index in [0.717, 1.165) is 25.7 Å². The molecule has 1 amide bonds. The van der Waals surface area contributed by atoms with Gasteiger partial charge in [0.15, 0.2) is 18.1 Å². The van der Waals surface area contributed by atoms with E-state index in [-0.39, 0.29) is 18.6 Å². The standard InChI is InChI=1S/C17H23NO5/c1-3-22-14-9-8-12(10-15(14)21-2)17(20)23-11-16(19)18-13-6-4-5-7-13/h8-10,13H,3-7,11H2,1-2H3,(H,18,19). The van der Waals surface area contributed by atoms with E-state index in [2.05, 4.69) is 5.32 Å². The summed E-state index contributed by atoms with van der Waals surface area (Å²) >= 11 is 0. The number of hydrogen-bond donors (Lipinski definition) is 1. The van der Waals surface area contributed by atoms with E-state index in [9.17, 15) is 9.59 Å². The van der Waals surface area contributed by atoms with Crippen LogP contribution in [0.1, 0.15) is 43.0 Å². The predicted octanol–water partition coefficient (Wildman–Crippen LogP) is 2.31. The number of nitrogens with one attached hydrogen (secondary N) is 1. The highest BCUT2D eigenvalue weighted by Crippen LogP contribution is 2.28. The Morgan fingerprint density at radius 3 is 2.61 bits per heavy atom. The maximum absolute atomic E-state index is 12.0. The number of carbonyl (C=O) groups excluding carboxylic acids is 2. The van der Waals surface area contributed by atoms with Crippen LogP contribution in [0.5, 0.6) is 11.5 Å². The van der Waals surface area contributed by atoms with Gasteiger partial charge in [-0.2, -0.15) is 0 Å². The Bertz CT molecular complexity index is 552. The highest BCUT2D eigenvalue weighted by molar-refractivity contribution is 5.92. The van der Waals surface area contributed by atoms with Crippen LogP contribution < -0.4 is 14.8 Å². The number of benzene rings is 1. The van der Waals surface area contributed by atoms with E-state index in [1.165, 1.54) is 7.11 Å². The molecule has 6 heteroatoms. The van der Waals surface area contributed by atoms with Crippen molar-refractivity contribution in [1.29, 1.82) is 0 Å². The summed E-state index contributed by atoms with van der Waals surface area (Å²) in [5, 5.41) is 2.87. The SMILES string of the molecule is CCOc1ccc(C(=O)OCC(=O)NC2CCCC2)cc1OC. The summed E-state index contributed by atoms with van der Waals surface area (Å²) in [5.74, 6) is 0.193. The molecule has 0 heterocycles.